The number of halogens is 1. The molecule has 3 aromatic heterocycles. The van der Waals surface area contributed by atoms with Crippen LogP contribution in [0.25, 0.3) is 28.0 Å². The third kappa shape index (κ3) is 4.45. The van der Waals surface area contributed by atoms with Crippen molar-refractivity contribution >= 4 is 10.9 Å². The number of nitrogens with zero attached hydrogens (tertiary/aromatic N) is 4. The van der Waals surface area contributed by atoms with Gasteiger partial charge in [0.1, 0.15) is 19.0 Å². The molecule has 3 heterocycles. The van der Waals surface area contributed by atoms with Gasteiger partial charge in [-0.3, -0.25) is 4.98 Å². The maximum absolute atomic E-state index is 13.1. The Balaban J connectivity index is 1.86. The normalized spacial score (nSPS) is 12.2. The number of ether oxygens (including phenoxy) is 2. The van der Waals surface area contributed by atoms with Crippen LogP contribution in [0.1, 0.15) is 17.4 Å². The number of pyridine rings is 2. The van der Waals surface area contributed by atoms with Gasteiger partial charge in [0.2, 0.25) is 0 Å². The second-order valence-electron chi connectivity index (χ2n) is 7.16. The number of rotatable bonds is 9. The Morgan fingerprint density at radius 3 is 2.75 bits per heavy atom. The Morgan fingerprint density at radius 1 is 1.12 bits per heavy atom. The van der Waals surface area contributed by atoms with Crippen molar-refractivity contribution in [2.24, 2.45) is 5.73 Å². The van der Waals surface area contributed by atoms with Crippen molar-refractivity contribution in [3.05, 3.63) is 66.1 Å². The molecule has 0 spiro atoms. The first-order valence-corrected chi connectivity index (χ1v) is 10.1. The highest BCUT2D eigenvalue weighted by molar-refractivity contribution is 5.90. The molecule has 0 aliphatic heterocycles. The molecular weight excluding hydrogens is 413 g/mol. The van der Waals surface area contributed by atoms with Gasteiger partial charge in [-0.1, -0.05) is 12.1 Å². The molecule has 1 aromatic carbocycles. The molecule has 0 fully saturated rings. The van der Waals surface area contributed by atoms with Crippen LogP contribution in [0.5, 0.6) is 5.75 Å². The molecule has 3 N–H and O–H groups in total. The van der Waals surface area contributed by atoms with Crippen LogP contribution in [0.15, 0.2) is 54.7 Å². The Bertz CT molecular complexity index is 1210. The van der Waals surface area contributed by atoms with E-state index >= 15 is 0 Å². The summed E-state index contributed by atoms with van der Waals surface area (Å²) in [4.78, 5) is 9.00. The first kappa shape index (κ1) is 21.8. The summed E-state index contributed by atoms with van der Waals surface area (Å²) < 4.78 is 25.8. The lowest BCUT2D eigenvalue weighted by molar-refractivity contribution is 0.147. The fraction of sp³-hybridized carbons (Fsp3) is 0.261. The third-order valence-electron chi connectivity index (χ3n) is 4.98. The van der Waals surface area contributed by atoms with Crippen LogP contribution < -0.4 is 10.5 Å². The molecule has 8 nitrogen and oxygen atoms in total. The lowest BCUT2D eigenvalue weighted by Crippen LogP contribution is -2.14. The van der Waals surface area contributed by atoms with Crippen molar-refractivity contribution in [1.29, 1.82) is 0 Å². The minimum absolute atomic E-state index is 0.171. The average molecular weight is 437 g/mol. The van der Waals surface area contributed by atoms with Gasteiger partial charge in [0.05, 0.1) is 53.4 Å². The van der Waals surface area contributed by atoms with Gasteiger partial charge in [-0.25, -0.2) is 14.1 Å². The molecular formula is C23H24FN5O3. The van der Waals surface area contributed by atoms with Crippen molar-refractivity contribution in [3.63, 3.8) is 0 Å². The zero-order chi connectivity index (χ0) is 22.5. The summed E-state index contributed by atoms with van der Waals surface area (Å²) in [5.74, 6) is 1.17. The highest BCUT2D eigenvalue weighted by Crippen LogP contribution is 2.33. The summed E-state index contributed by atoms with van der Waals surface area (Å²) in [6.45, 7) is -0.0760. The SMILES string of the molecule is COCCOc1cc(-c2cccc([C@@H](N)CF)n2)cc2c1cnn2-c1cccc(CO)n1. The van der Waals surface area contributed by atoms with Crippen molar-refractivity contribution in [3.8, 4) is 22.8 Å². The van der Waals surface area contributed by atoms with Crippen molar-refractivity contribution < 1.29 is 19.0 Å². The first-order valence-electron chi connectivity index (χ1n) is 10.1. The predicted octanol–water partition coefficient (Wildman–Crippen LogP) is 2.97. The summed E-state index contributed by atoms with van der Waals surface area (Å²) in [5, 5.41) is 14.7. The molecule has 0 saturated carbocycles. The number of alkyl halides is 1. The molecule has 0 aliphatic carbocycles. The van der Waals surface area contributed by atoms with E-state index in [2.05, 4.69) is 15.1 Å². The average Bonchev–Trinajstić information content (AvgIpc) is 3.28. The fourth-order valence-electron chi connectivity index (χ4n) is 3.35. The highest BCUT2D eigenvalue weighted by atomic mass is 19.1. The van der Waals surface area contributed by atoms with Crippen LogP contribution in [-0.4, -0.2) is 51.9 Å². The Hall–Kier alpha value is -3.40. The van der Waals surface area contributed by atoms with E-state index in [4.69, 9.17) is 15.2 Å². The summed E-state index contributed by atoms with van der Waals surface area (Å²) in [6, 6.07) is 13.7. The van der Waals surface area contributed by atoms with Gasteiger partial charge in [-0.2, -0.15) is 5.10 Å². The fourth-order valence-corrected chi connectivity index (χ4v) is 3.35. The van der Waals surface area contributed by atoms with E-state index < -0.39 is 12.7 Å². The van der Waals surface area contributed by atoms with Crippen LogP contribution in [0, 0.1) is 0 Å². The molecule has 0 saturated heterocycles. The van der Waals surface area contributed by atoms with Crippen LogP contribution in [-0.2, 0) is 11.3 Å². The number of methoxy groups -OCH3 is 1. The topological polar surface area (TPSA) is 108 Å². The predicted molar refractivity (Wildman–Crippen MR) is 118 cm³/mol. The maximum Gasteiger partial charge on any atom is 0.154 e. The number of aliphatic hydroxyl groups is 1. The van der Waals surface area contributed by atoms with Crippen LogP contribution in [0.2, 0.25) is 0 Å². The number of hydrogen-bond acceptors (Lipinski definition) is 7. The molecule has 4 aromatic rings. The largest absolute Gasteiger partial charge is 0.490 e. The Labute approximate surface area is 184 Å². The van der Waals surface area contributed by atoms with Crippen LogP contribution in [0.3, 0.4) is 0 Å². The Morgan fingerprint density at radius 2 is 1.97 bits per heavy atom. The molecule has 0 radical (unpaired) electrons. The van der Waals surface area contributed by atoms with Gasteiger partial charge in [0.25, 0.3) is 0 Å². The molecule has 1 atom stereocenters. The summed E-state index contributed by atoms with van der Waals surface area (Å²) in [7, 11) is 1.61. The van der Waals surface area contributed by atoms with E-state index in [-0.39, 0.29) is 6.61 Å². The minimum atomic E-state index is -0.785. The molecule has 32 heavy (non-hydrogen) atoms. The van der Waals surface area contributed by atoms with Crippen molar-refractivity contribution in [2.45, 2.75) is 12.6 Å². The minimum Gasteiger partial charge on any atom is -0.490 e. The van der Waals surface area contributed by atoms with Crippen molar-refractivity contribution in [1.82, 2.24) is 19.7 Å². The zero-order valence-electron chi connectivity index (χ0n) is 17.6. The molecule has 166 valence electrons. The molecule has 4 rings (SSSR count). The number of nitrogens with two attached hydrogens (primary N) is 1. The van der Waals surface area contributed by atoms with E-state index in [9.17, 15) is 9.50 Å². The van der Waals surface area contributed by atoms with Gasteiger partial charge in [-0.05, 0) is 36.4 Å². The first-order chi connectivity index (χ1) is 15.6. The van der Waals surface area contributed by atoms with Gasteiger partial charge >= 0.3 is 0 Å². The molecule has 0 amide bonds. The van der Waals surface area contributed by atoms with E-state index in [1.165, 1.54) is 0 Å². The van der Waals surface area contributed by atoms with E-state index in [0.29, 0.717) is 41.9 Å². The number of aromatic nitrogens is 4. The lowest BCUT2D eigenvalue weighted by Gasteiger charge is -2.12. The highest BCUT2D eigenvalue weighted by Gasteiger charge is 2.16. The zero-order valence-corrected chi connectivity index (χ0v) is 17.6. The van der Waals surface area contributed by atoms with Crippen molar-refractivity contribution in [2.75, 3.05) is 27.0 Å². The monoisotopic (exact) mass is 437 g/mol. The lowest BCUT2D eigenvalue weighted by atomic mass is 10.1. The number of fused-ring (bicyclic) bond motifs is 1. The van der Waals surface area contributed by atoms with Crippen LogP contribution in [0.4, 0.5) is 4.39 Å². The second kappa shape index (κ2) is 9.82. The maximum atomic E-state index is 13.1. The van der Waals surface area contributed by atoms with Gasteiger partial charge in [-0.15, -0.1) is 0 Å². The molecule has 9 heteroatoms. The summed E-state index contributed by atoms with van der Waals surface area (Å²) in [5.41, 5.74) is 8.99. The molecule has 0 aliphatic rings. The Kier molecular flexibility index (Phi) is 6.69. The number of benzene rings is 1. The smallest absolute Gasteiger partial charge is 0.154 e. The summed E-state index contributed by atoms with van der Waals surface area (Å²) in [6.07, 6.45) is 1.71. The van der Waals surface area contributed by atoms with E-state index in [1.807, 2.05) is 30.3 Å². The van der Waals surface area contributed by atoms with Gasteiger partial charge in [0.15, 0.2) is 5.82 Å². The van der Waals surface area contributed by atoms with Gasteiger partial charge < -0.3 is 20.3 Å². The third-order valence-corrected chi connectivity index (χ3v) is 4.98. The number of hydrogen-bond donors (Lipinski definition) is 2. The summed E-state index contributed by atoms with van der Waals surface area (Å²) >= 11 is 0. The number of aliphatic hydroxyl groups excluding tert-OH is 1. The second-order valence-corrected chi connectivity index (χ2v) is 7.16. The quantitative estimate of drug-likeness (QED) is 0.388. The molecule has 0 unspecified atom stereocenters. The van der Waals surface area contributed by atoms with Gasteiger partial charge in [0, 0.05) is 12.7 Å². The molecule has 0 bridgehead atoms. The van der Waals surface area contributed by atoms with E-state index in [1.54, 1.807) is 36.2 Å². The van der Waals surface area contributed by atoms with E-state index in [0.717, 1.165) is 16.5 Å². The standard InChI is InChI=1S/C23H24FN5O3/c1-31-8-9-32-22-11-15(19-5-3-6-20(28-19)18(25)12-24)10-21-17(22)13-26-29(21)23-7-2-4-16(14-30)27-23/h2-7,10-11,13,18,30H,8-9,12,14,25H2,1H3/t18-/m0/s1. The van der Waals surface area contributed by atoms with Crippen LogP contribution >= 0.6 is 0 Å².